The van der Waals surface area contributed by atoms with Crippen LogP contribution in [0.1, 0.15) is 20.8 Å². The molecule has 1 N–H and O–H groups in total. The Morgan fingerprint density at radius 1 is 1.20 bits per heavy atom. The molecular formula is C14H18Cl2N2O2. The molecular weight excluding hydrogens is 299 g/mol. The average molecular weight is 317 g/mol. The van der Waals surface area contributed by atoms with Crippen LogP contribution in [0.15, 0.2) is 18.2 Å². The van der Waals surface area contributed by atoms with Gasteiger partial charge in [-0.3, -0.25) is 9.59 Å². The molecule has 0 aliphatic heterocycles. The van der Waals surface area contributed by atoms with E-state index >= 15 is 0 Å². The summed E-state index contributed by atoms with van der Waals surface area (Å²) in [6.07, 6.45) is 0. The topological polar surface area (TPSA) is 49.4 Å². The van der Waals surface area contributed by atoms with Crippen LogP contribution in [0.3, 0.4) is 0 Å². The second-order valence-corrected chi connectivity index (χ2v) is 6.37. The molecule has 0 unspecified atom stereocenters. The van der Waals surface area contributed by atoms with Gasteiger partial charge in [-0.05, 0) is 12.1 Å². The Bertz CT molecular complexity index is 504. The summed E-state index contributed by atoms with van der Waals surface area (Å²) in [6.45, 7) is 5.34. The summed E-state index contributed by atoms with van der Waals surface area (Å²) in [5.41, 5.74) is -0.172. The highest BCUT2D eigenvalue weighted by molar-refractivity contribution is 6.39. The molecule has 0 aliphatic carbocycles. The maximum atomic E-state index is 12.0. The van der Waals surface area contributed by atoms with Crippen molar-refractivity contribution < 1.29 is 9.59 Å². The summed E-state index contributed by atoms with van der Waals surface area (Å²) in [4.78, 5) is 25.3. The molecule has 0 atom stereocenters. The molecule has 1 aromatic rings. The van der Waals surface area contributed by atoms with Crippen molar-refractivity contribution in [2.75, 3.05) is 18.9 Å². The fourth-order valence-electron chi connectivity index (χ4n) is 1.66. The minimum atomic E-state index is -0.531. The van der Waals surface area contributed by atoms with E-state index in [1.807, 2.05) is 0 Å². The maximum Gasteiger partial charge on any atom is 0.244 e. The smallest absolute Gasteiger partial charge is 0.244 e. The van der Waals surface area contributed by atoms with Crippen molar-refractivity contribution in [3.05, 3.63) is 28.2 Å². The van der Waals surface area contributed by atoms with Gasteiger partial charge in [0.05, 0.1) is 22.3 Å². The third-order valence-electron chi connectivity index (χ3n) is 2.60. The van der Waals surface area contributed by atoms with Gasteiger partial charge in [0.15, 0.2) is 0 Å². The molecule has 6 heteroatoms. The highest BCUT2D eigenvalue weighted by Crippen LogP contribution is 2.29. The maximum absolute atomic E-state index is 12.0. The molecule has 110 valence electrons. The first-order valence-electron chi connectivity index (χ1n) is 6.12. The lowest BCUT2D eigenvalue weighted by atomic mass is 9.95. The molecule has 0 fully saturated rings. The predicted octanol–water partition coefficient (Wildman–Crippen LogP) is 3.44. The van der Waals surface area contributed by atoms with Crippen LogP contribution in [0.5, 0.6) is 0 Å². The lowest BCUT2D eigenvalue weighted by Crippen LogP contribution is -2.41. The zero-order chi connectivity index (χ0) is 15.5. The molecule has 0 bridgehead atoms. The van der Waals surface area contributed by atoms with E-state index < -0.39 is 5.41 Å². The van der Waals surface area contributed by atoms with Crippen molar-refractivity contribution in [1.29, 1.82) is 0 Å². The summed E-state index contributed by atoms with van der Waals surface area (Å²) in [6, 6.07) is 4.95. The van der Waals surface area contributed by atoms with Crippen LogP contribution in [-0.4, -0.2) is 30.3 Å². The number of para-hydroxylation sites is 1. The van der Waals surface area contributed by atoms with Gasteiger partial charge in [-0.15, -0.1) is 0 Å². The number of nitrogens with zero attached hydrogens (tertiary/aromatic N) is 1. The Labute approximate surface area is 129 Å². The van der Waals surface area contributed by atoms with Gasteiger partial charge in [-0.25, -0.2) is 0 Å². The van der Waals surface area contributed by atoms with Gasteiger partial charge in [0, 0.05) is 12.5 Å². The number of likely N-dealkylation sites (N-methyl/N-ethyl adjacent to an activating group) is 1. The first kappa shape index (κ1) is 16.8. The molecule has 0 saturated heterocycles. The van der Waals surface area contributed by atoms with Crippen LogP contribution in [0.2, 0.25) is 10.0 Å². The van der Waals surface area contributed by atoms with E-state index in [2.05, 4.69) is 5.32 Å². The second-order valence-electron chi connectivity index (χ2n) is 5.56. The van der Waals surface area contributed by atoms with Crippen LogP contribution in [-0.2, 0) is 9.59 Å². The van der Waals surface area contributed by atoms with Crippen LogP contribution in [0, 0.1) is 5.41 Å². The molecule has 2 amide bonds. The van der Waals surface area contributed by atoms with Crippen LogP contribution >= 0.6 is 23.2 Å². The summed E-state index contributed by atoms with van der Waals surface area (Å²) in [7, 11) is 1.58. The van der Waals surface area contributed by atoms with E-state index in [1.54, 1.807) is 46.0 Å². The molecule has 0 radical (unpaired) electrons. The van der Waals surface area contributed by atoms with Gasteiger partial charge in [-0.1, -0.05) is 50.0 Å². The Morgan fingerprint density at radius 2 is 1.70 bits per heavy atom. The van der Waals surface area contributed by atoms with E-state index in [-0.39, 0.29) is 18.4 Å². The fraction of sp³-hybridized carbons (Fsp3) is 0.429. The highest BCUT2D eigenvalue weighted by atomic mass is 35.5. The number of benzene rings is 1. The highest BCUT2D eigenvalue weighted by Gasteiger charge is 2.26. The minimum absolute atomic E-state index is 0.0579. The van der Waals surface area contributed by atoms with Crippen molar-refractivity contribution in [2.24, 2.45) is 5.41 Å². The SMILES string of the molecule is CN(CC(=O)Nc1c(Cl)cccc1Cl)C(=O)C(C)(C)C. The van der Waals surface area contributed by atoms with Gasteiger partial charge >= 0.3 is 0 Å². The van der Waals surface area contributed by atoms with Gasteiger partial charge in [0.25, 0.3) is 0 Å². The number of halogens is 2. The quantitative estimate of drug-likeness (QED) is 0.928. The Morgan fingerprint density at radius 3 is 2.15 bits per heavy atom. The third-order valence-corrected chi connectivity index (χ3v) is 3.23. The minimum Gasteiger partial charge on any atom is -0.336 e. The van der Waals surface area contributed by atoms with E-state index in [0.717, 1.165) is 0 Å². The molecule has 4 nitrogen and oxygen atoms in total. The summed E-state index contributed by atoms with van der Waals surface area (Å²) in [5.74, 6) is -0.460. The molecule has 0 spiro atoms. The summed E-state index contributed by atoms with van der Waals surface area (Å²) >= 11 is 11.9. The van der Waals surface area contributed by atoms with Crippen LogP contribution < -0.4 is 5.32 Å². The Hall–Kier alpha value is -1.26. The molecule has 0 aliphatic rings. The number of amides is 2. The largest absolute Gasteiger partial charge is 0.336 e. The number of hydrogen-bond acceptors (Lipinski definition) is 2. The van der Waals surface area contributed by atoms with Gasteiger partial charge in [0.2, 0.25) is 11.8 Å². The molecule has 0 saturated carbocycles. The number of carbonyl (C=O) groups excluding carboxylic acids is 2. The van der Waals surface area contributed by atoms with Crippen molar-refractivity contribution in [1.82, 2.24) is 4.90 Å². The lowest BCUT2D eigenvalue weighted by Gasteiger charge is -2.25. The van der Waals surface area contributed by atoms with Gasteiger partial charge in [-0.2, -0.15) is 0 Å². The zero-order valence-corrected chi connectivity index (χ0v) is 13.5. The fourth-order valence-corrected chi connectivity index (χ4v) is 2.15. The monoisotopic (exact) mass is 316 g/mol. The number of carbonyl (C=O) groups is 2. The Balaban J connectivity index is 2.72. The summed E-state index contributed by atoms with van der Waals surface area (Å²) < 4.78 is 0. The number of nitrogens with one attached hydrogen (secondary N) is 1. The number of hydrogen-bond donors (Lipinski definition) is 1. The van der Waals surface area contributed by atoms with Gasteiger partial charge < -0.3 is 10.2 Å². The van der Waals surface area contributed by atoms with E-state index in [9.17, 15) is 9.59 Å². The van der Waals surface area contributed by atoms with Crippen molar-refractivity contribution in [3.8, 4) is 0 Å². The predicted molar refractivity (Wildman–Crippen MR) is 82.2 cm³/mol. The van der Waals surface area contributed by atoms with E-state index in [0.29, 0.717) is 15.7 Å². The Kier molecular flexibility index (Phi) is 5.42. The van der Waals surface area contributed by atoms with Crippen molar-refractivity contribution in [2.45, 2.75) is 20.8 Å². The molecule has 0 aromatic heterocycles. The lowest BCUT2D eigenvalue weighted by molar-refractivity contribution is -0.140. The van der Waals surface area contributed by atoms with E-state index in [1.165, 1.54) is 4.90 Å². The molecule has 20 heavy (non-hydrogen) atoms. The number of rotatable bonds is 3. The van der Waals surface area contributed by atoms with Crippen LogP contribution in [0.4, 0.5) is 5.69 Å². The van der Waals surface area contributed by atoms with Gasteiger partial charge in [0.1, 0.15) is 0 Å². The standard InChI is InChI=1S/C14H18Cl2N2O2/c1-14(2,3)13(20)18(4)8-11(19)17-12-9(15)6-5-7-10(12)16/h5-7H,8H2,1-4H3,(H,17,19). The van der Waals surface area contributed by atoms with Crippen molar-refractivity contribution in [3.63, 3.8) is 0 Å². The molecule has 1 aromatic carbocycles. The average Bonchev–Trinajstić information content (AvgIpc) is 2.31. The van der Waals surface area contributed by atoms with Crippen LogP contribution in [0.25, 0.3) is 0 Å². The summed E-state index contributed by atoms with van der Waals surface area (Å²) in [5, 5.41) is 3.33. The second kappa shape index (κ2) is 6.46. The first-order chi connectivity index (χ1) is 9.12. The van der Waals surface area contributed by atoms with Crippen molar-refractivity contribution >= 4 is 40.7 Å². The normalized spacial score (nSPS) is 11.1. The molecule has 0 heterocycles. The van der Waals surface area contributed by atoms with E-state index in [4.69, 9.17) is 23.2 Å². The third kappa shape index (κ3) is 4.39. The molecule has 1 rings (SSSR count). The zero-order valence-electron chi connectivity index (χ0n) is 12.0. The number of anilines is 1. The first-order valence-corrected chi connectivity index (χ1v) is 6.88.